The summed E-state index contributed by atoms with van der Waals surface area (Å²) >= 11 is 1.33. The number of nitrogen functional groups attached to an aromatic ring is 2. The first-order valence-electron chi connectivity index (χ1n) is 6.85. The number of ether oxygens (including phenoxy) is 1. The van der Waals surface area contributed by atoms with Crippen LogP contribution in [-0.2, 0) is 4.74 Å². The molecule has 12 heteroatoms. The van der Waals surface area contributed by atoms with Crippen molar-refractivity contribution >= 4 is 29.1 Å². The van der Waals surface area contributed by atoms with Crippen LogP contribution in [0.5, 0.6) is 0 Å². The molecule has 0 aromatic carbocycles. The van der Waals surface area contributed by atoms with E-state index in [4.69, 9.17) is 16.2 Å². The van der Waals surface area contributed by atoms with Crippen LogP contribution in [-0.4, -0.2) is 69.5 Å². The van der Waals surface area contributed by atoms with Crippen molar-refractivity contribution in [2.75, 3.05) is 34.9 Å². The fourth-order valence-corrected chi connectivity index (χ4v) is 3.00. The Labute approximate surface area is 140 Å². The fraction of sp³-hybridized carbons (Fsp3) is 0.667. The molecule has 1 aromatic rings. The number of aliphatic hydroxyl groups is 2. The molecule has 1 fully saturated rings. The maximum absolute atomic E-state index is 13.0. The molecule has 0 spiro atoms. The highest BCUT2D eigenvalue weighted by atomic mass is 32.2. The zero-order valence-electron chi connectivity index (χ0n) is 12.6. The van der Waals surface area contributed by atoms with E-state index in [1.54, 1.807) is 6.26 Å². The van der Waals surface area contributed by atoms with Crippen LogP contribution in [0.2, 0.25) is 0 Å². The third-order valence-electron chi connectivity index (χ3n) is 3.49. The van der Waals surface area contributed by atoms with Gasteiger partial charge in [0.2, 0.25) is 0 Å². The van der Waals surface area contributed by atoms with Gasteiger partial charge < -0.3 is 31.3 Å². The predicted molar refractivity (Wildman–Crippen MR) is 83.3 cm³/mol. The Bertz CT molecular complexity index is 579. The Morgan fingerprint density at radius 3 is 2.54 bits per heavy atom. The van der Waals surface area contributed by atoms with Crippen molar-refractivity contribution in [3.05, 3.63) is 6.33 Å². The van der Waals surface area contributed by atoms with E-state index in [9.17, 15) is 23.4 Å². The number of anilines is 3. The van der Waals surface area contributed by atoms with E-state index in [0.717, 1.165) is 6.33 Å². The van der Waals surface area contributed by atoms with Gasteiger partial charge in [-0.05, 0) is 6.26 Å². The molecule has 1 aliphatic rings. The standard InChI is InChI=1S/C12H18F3N5O3S/c1-24-2-5-7(21)8(22)11(23-5)20(3-12(13,14)15)10-6(16)9(17)18-4-19-10/h4-5,7-8,11,21-22H,2-3,16H2,1H3,(H2,17,18,19). The van der Waals surface area contributed by atoms with Gasteiger partial charge in [-0.25, -0.2) is 9.97 Å². The number of nitrogens with two attached hydrogens (primary N) is 2. The lowest BCUT2D eigenvalue weighted by Gasteiger charge is -2.32. The number of alkyl halides is 3. The van der Waals surface area contributed by atoms with Gasteiger partial charge in [0.05, 0.1) is 6.10 Å². The summed E-state index contributed by atoms with van der Waals surface area (Å²) in [7, 11) is 0. The minimum atomic E-state index is -4.63. The van der Waals surface area contributed by atoms with Crippen LogP contribution in [0, 0.1) is 0 Å². The zero-order chi connectivity index (χ0) is 18.1. The zero-order valence-corrected chi connectivity index (χ0v) is 13.5. The number of rotatable bonds is 5. The number of hydrogen-bond donors (Lipinski definition) is 4. The third-order valence-corrected chi connectivity index (χ3v) is 4.15. The molecule has 0 radical (unpaired) electrons. The number of halogens is 3. The normalized spacial score (nSPS) is 27.4. The van der Waals surface area contributed by atoms with Crippen LogP contribution in [0.4, 0.5) is 30.5 Å². The Morgan fingerprint density at radius 1 is 1.29 bits per heavy atom. The fourth-order valence-electron chi connectivity index (χ4n) is 2.40. The second-order valence-electron chi connectivity index (χ2n) is 5.24. The van der Waals surface area contributed by atoms with E-state index >= 15 is 0 Å². The molecular formula is C12H18F3N5O3S. The van der Waals surface area contributed by atoms with Gasteiger partial charge >= 0.3 is 6.18 Å². The van der Waals surface area contributed by atoms with Crippen molar-refractivity contribution in [1.29, 1.82) is 0 Å². The van der Waals surface area contributed by atoms with Crippen LogP contribution < -0.4 is 16.4 Å². The maximum atomic E-state index is 13.0. The molecule has 1 aliphatic heterocycles. The maximum Gasteiger partial charge on any atom is 0.406 e. The van der Waals surface area contributed by atoms with E-state index in [1.165, 1.54) is 11.8 Å². The molecular weight excluding hydrogens is 351 g/mol. The SMILES string of the molecule is CSCC1OC(N(CC(F)(F)F)c2ncnc(N)c2N)C(O)C1O. The van der Waals surface area contributed by atoms with E-state index < -0.39 is 37.3 Å². The molecule has 1 saturated heterocycles. The summed E-state index contributed by atoms with van der Waals surface area (Å²) in [5.74, 6) is -0.211. The summed E-state index contributed by atoms with van der Waals surface area (Å²) in [5.41, 5.74) is 10.9. The molecule has 0 aliphatic carbocycles. The van der Waals surface area contributed by atoms with E-state index in [0.29, 0.717) is 10.7 Å². The number of aromatic nitrogens is 2. The largest absolute Gasteiger partial charge is 0.406 e. The molecule has 4 unspecified atom stereocenters. The Balaban J connectivity index is 2.38. The minimum absolute atomic E-state index is 0.194. The van der Waals surface area contributed by atoms with Gasteiger partial charge in [-0.1, -0.05) is 0 Å². The number of hydrogen-bond acceptors (Lipinski definition) is 9. The second-order valence-corrected chi connectivity index (χ2v) is 6.15. The smallest absolute Gasteiger partial charge is 0.393 e. The molecule has 24 heavy (non-hydrogen) atoms. The van der Waals surface area contributed by atoms with Crippen molar-refractivity contribution in [3.63, 3.8) is 0 Å². The third kappa shape index (κ3) is 3.94. The first-order valence-corrected chi connectivity index (χ1v) is 8.25. The average molecular weight is 369 g/mol. The van der Waals surface area contributed by atoms with Crippen molar-refractivity contribution in [3.8, 4) is 0 Å². The Morgan fingerprint density at radius 2 is 1.96 bits per heavy atom. The van der Waals surface area contributed by atoms with Crippen LogP contribution in [0.1, 0.15) is 0 Å². The first kappa shape index (κ1) is 18.8. The van der Waals surface area contributed by atoms with Crippen LogP contribution in [0.15, 0.2) is 6.33 Å². The highest BCUT2D eigenvalue weighted by Gasteiger charge is 2.48. The number of thioether (sulfide) groups is 1. The van der Waals surface area contributed by atoms with Crippen LogP contribution >= 0.6 is 11.8 Å². The monoisotopic (exact) mass is 369 g/mol. The molecule has 1 aromatic heterocycles. The summed E-state index contributed by atoms with van der Waals surface area (Å²) in [6.45, 7) is -1.49. The van der Waals surface area contributed by atoms with Crippen LogP contribution in [0.3, 0.4) is 0 Å². The van der Waals surface area contributed by atoms with E-state index in [2.05, 4.69) is 9.97 Å². The summed E-state index contributed by atoms with van der Waals surface area (Å²) in [5, 5.41) is 20.1. The highest BCUT2D eigenvalue weighted by molar-refractivity contribution is 7.98. The van der Waals surface area contributed by atoms with Crippen molar-refractivity contribution in [2.45, 2.75) is 30.7 Å². The molecule has 6 N–H and O–H groups in total. The first-order chi connectivity index (χ1) is 11.2. The summed E-state index contributed by atoms with van der Waals surface area (Å²) < 4.78 is 44.4. The van der Waals surface area contributed by atoms with E-state index in [-0.39, 0.29) is 17.3 Å². The molecule has 136 valence electrons. The lowest BCUT2D eigenvalue weighted by Crippen LogP contribution is -2.49. The van der Waals surface area contributed by atoms with Gasteiger partial charge in [-0.15, -0.1) is 0 Å². The summed E-state index contributed by atoms with van der Waals surface area (Å²) in [4.78, 5) is 7.97. The van der Waals surface area contributed by atoms with Crippen LogP contribution in [0.25, 0.3) is 0 Å². The molecule has 8 nitrogen and oxygen atoms in total. The topological polar surface area (TPSA) is 131 Å². The Kier molecular flexibility index (Phi) is 5.63. The predicted octanol–water partition coefficient (Wildman–Crippen LogP) is -0.181. The highest BCUT2D eigenvalue weighted by Crippen LogP contribution is 2.34. The molecule has 4 atom stereocenters. The molecule has 2 rings (SSSR count). The van der Waals surface area contributed by atoms with Crippen molar-refractivity contribution in [1.82, 2.24) is 9.97 Å². The van der Waals surface area contributed by atoms with Gasteiger partial charge in [0.25, 0.3) is 0 Å². The number of nitrogens with zero attached hydrogens (tertiary/aromatic N) is 3. The molecule has 0 saturated carbocycles. The second kappa shape index (κ2) is 7.17. The average Bonchev–Trinajstić information content (AvgIpc) is 2.76. The van der Waals surface area contributed by atoms with Gasteiger partial charge in [-0.3, -0.25) is 0 Å². The lowest BCUT2D eigenvalue weighted by molar-refractivity contribution is -0.127. The molecule has 2 heterocycles. The molecule has 0 bridgehead atoms. The van der Waals surface area contributed by atoms with Crippen molar-refractivity contribution in [2.24, 2.45) is 0 Å². The van der Waals surface area contributed by atoms with Crippen molar-refractivity contribution < 1.29 is 28.1 Å². The molecule has 0 amide bonds. The quantitative estimate of drug-likeness (QED) is 0.558. The van der Waals surface area contributed by atoms with Gasteiger partial charge in [0, 0.05) is 5.75 Å². The lowest BCUT2D eigenvalue weighted by atomic mass is 10.1. The van der Waals surface area contributed by atoms with Gasteiger partial charge in [0.15, 0.2) is 17.9 Å². The number of aliphatic hydroxyl groups excluding tert-OH is 2. The Hall–Kier alpha value is -1.50. The van der Waals surface area contributed by atoms with E-state index in [1.807, 2.05) is 0 Å². The minimum Gasteiger partial charge on any atom is -0.393 e. The van der Waals surface area contributed by atoms with Gasteiger partial charge in [-0.2, -0.15) is 24.9 Å². The summed E-state index contributed by atoms with van der Waals surface area (Å²) in [6, 6.07) is 0. The van der Waals surface area contributed by atoms with Gasteiger partial charge in [0.1, 0.15) is 30.8 Å². The summed E-state index contributed by atoms with van der Waals surface area (Å²) in [6.07, 6.45) is -7.13.